The normalized spacial score (nSPS) is 12.3. The molecule has 3 nitrogen and oxygen atoms in total. The van der Waals surface area contributed by atoms with Gasteiger partial charge in [0.2, 0.25) is 0 Å². The van der Waals surface area contributed by atoms with Gasteiger partial charge >= 0.3 is 0 Å². The predicted octanol–water partition coefficient (Wildman–Crippen LogP) is 6.28. The number of aryl methyl sites for hydroxylation is 1. The van der Waals surface area contributed by atoms with Crippen molar-refractivity contribution in [2.75, 3.05) is 6.61 Å². The second-order valence-electron chi connectivity index (χ2n) is 10.0. The number of hydrogen-bond acceptors (Lipinski definition) is 3. The Morgan fingerprint density at radius 1 is 0.886 bits per heavy atom. The highest BCUT2D eigenvalue weighted by molar-refractivity contribution is 6.99. The molecule has 0 aliphatic rings. The number of unbranched alkanes of at least 4 members (excludes halogenated alkanes) is 1. The van der Waals surface area contributed by atoms with Gasteiger partial charge in [0.05, 0.1) is 12.3 Å². The molecule has 0 unspecified atom stereocenters. The van der Waals surface area contributed by atoms with Crippen LogP contribution in [-0.2, 0) is 17.5 Å². The van der Waals surface area contributed by atoms with Crippen LogP contribution in [0.2, 0.25) is 10.1 Å². The fourth-order valence-corrected chi connectivity index (χ4v) is 9.89. The number of aliphatic hydroxyl groups excluding tert-OH is 1. The summed E-state index contributed by atoms with van der Waals surface area (Å²) in [5.41, 5.74) is 1.85. The Kier molecular flexibility index (Phi) is 8.08. The summed E-state index contributed by atoms with van der Waals surface area (Å²) in [5.74, 6) is 0. The lowest BCUT2D eigenvalue weighted by Crippen LogP contribution is -2.66. The molecule has 4 aromatic rings. The Balaban J connectivity index is 1.55. The third-order valence-corrected chi connectivity index (χ3v) is 12.0. The first-order chi connectivity index (χ1) is 16.9. The van der Waals surface area contributed by atoms with E-state index in [-0.39, 0.29) is 11.6 Å². The molecule has 0 saturated heterocycles. The molecule has 0 bridgehead atoms. The number of aliphatic hydroxyl groups is 1. The van der Waals surface area contributed by atoms with Crippen molar-refractivity contribution >= 4 is 41.1 Å². The molecular formula is C30H34ClNO2Si. The summed E-state index contributed by atoms with van der Waals surface area (Å²) in [6.45, 7) is 7.54. The number of benzene rings is 3. The van der Waals surface area contributed by atoms with Gasteiger partial charge in [-0.3, -0.25) is 4.98 Å². The first kappa shape index (κ1) is 25.6. The third-order valence-electron chi connectivity index (χ3n) is 6.75. The number of fused-ring (bicyclic) bond motifs is 1. The number of halogens is 1. The molecule has 4 rings (SSSR count). The smallest absolute Gasteiger partial charge is 0.261 e. The van der Waals surface area contributed by atoms with Gasteiger partial charge in [-0.1, -0.05) is 99.1 Å². The van der Waals surface area contributed by atoms with Crippen molar-refractivity contribution in [2.45, 2.75) is 51.7 Å². The Morgan fingerprint density at radius 3 is 2.09 bits per heavy atom. The van der Waals surface area contributed by atoms with E-state index in [0.29, 0.717) is 11.6 Å². The summed E-state index contributed by atoms with van der Waals surface area (Å²) in [7, 11) is -2.51. The molecule has 1 aromatic heterocycles. The van der Waals surface area contributed by atoms with Crippen LogP contribution in [0.4, 0.5) is 0 Å². The van der Waals surface area contributed by atoms with E-state index >= 15 is 0 Å². The van der Waals surface area contributed by atoms with E-state index < -0.39 is 8.32 Å². The highest BCUT2D eigenvalue weighted by Gasteiger charge is 2.49. The van der Waals surface area contributed by atoms with Crippen LogP contribution in [-0.4, -0.2) is 25.0 Å². The molecule has 0 aliphatic carbocycles. The average molecular weight is 504 g/mol. The largest absolute Gasteiger partial charge is 0.407 e. The molecule has 182 valence electrons. The van der Waals surface area contributed by atoms with Crippen molar-refractivity contribution in [1.82, 2.24) is 4.98 Å². The predicted molar refractivity (Wildman–Crippen MR) is 149 cm³/mol. The zero-order valence-corrected chi connectivity index (χ0v) is 22.6. The number of nitrogens with zero attached hydrogens (tertiary/aromatic N) is 1. The molecule has 3 aromatic carbocycles. The van der Waals surface area contributed by atoms with Gasteiger partial charge in [0.1, 0.15) is 0 Å². The molecule has 0 fully saturated rings. The maximum Gasteiger partial charge on any atom is 0.261 e. The lowest BCUT2D eigenvalue weighted by molar-refractivity contribution is 0.274. The van der Waals surface area contributed by atoms with E-state index in [4.69, 9.17) is 16.0 Å². The fraction of sp³-hybridized carbons (Fsp3) is 0.300. The maximum atomic E-state index is 9.88. The minimum atomic E-state index is -2.51. The molecule has 0 atom stereocenters. The minimum absolute atomic E-state index is 0.0292. The lowest BCUT2D eigenvalue weighted by atomic mass is 9.99. The highest BCUT2D eigenvalue weighted by Crippen LogP contribution is 2.37. The molecule has 0 amide bonds. The van der Waals surface area contributed by atoms with E-state index in [1.165, 1.54) is 10.4 Å². The zero-order chi connectivity index (χ0) is 24.9. The summed E-state index contributed by atoms with van der Waals surface area (Å²) in [4.78, 5) is 4.48. The second-order valence-corrected chi connectivity index (χ2v) is 14.8. The highest BCUT2D eigenvalue weighted by atomic mass is 35.5. The SMILES string of the molecule is CC(C)(C)[Si](OCCCCc1c(CO)ncc2cc(Cl)ccc12)(c1ccccc1)c1ccccc1. The molecule has 35 heavy (non-hydrogen) atoms. The topological polar surface area (TPSA) is 42.4 Å². The maximum absolute atomic E-state index is 9.88. The quantitative estimate of drug-likeness (QED) is 0.216. The van der Waals surface area contributed by atoms with E-state index in [1.807, 2.05) is 18.2 Å². The molecule has 5 heteroatoms. The van der Waals surface area contributed by atoms with Crippen molar-refractivity contribution in [3.63, 3.8) is 0 Å². The van der Waals surface area contributed by atoms with Crippen LogP contribution >= 0.6 is 11.6 Å². The molecule has 1 heterocycles. The van der Waals surface area contributed by atoms with Gasteiger partial charge in [0.15, 0.2) is 0 Å². The van der Waals surface area contributed by atoms with Crippen LogP contribution in [0.1, 0.15) is 44.9 Å². The first-order valence-electron chi connectivity index (χ1n) is 12.3. The number of rotatable bonds is 9. The summed E-state index contributed by atoms with van der Waals surface area (Å²) < 4.78 is 7.02. The van der Waals surface area contributed by atoms with Gasteiger partial charge in [-0.2, -0.15) is 0 Å². The van der Waals surface area contributed by atoms with E-state index in [1.54, 1.807) is 6.20 Å². The second kappa shape index (κ2) is 11.0. The molecule has 0 aliphatic heterocycles. The van der Waals surface area contributed by atoms with E-state index in [0.717, 1.165) is 41.3 Å². The van der Waals surface area contributed by atoms with Gasteiger partial charge in [-0.25, -0.2) is 0 Å². The van der Waals surface area contributed by atoms with Crippen LogP contribution < -0.4 is 10.4 Å². The standard InChI is InChI=1S/C30H34ClNO2Si/c1-30(2,3)35(25-12-6-4-7-13-25,26-14-8-5-9-15-26)34-19-11-10-16-28-27-18-17-24(31)20-23(27)21-32-29(28)22-33/h4-9,12-15,17-18,20-21,33H,10-11,16,19,22H2,1-3H3. The van der Waals surface area contributed by atoms with Gasteiger partial charge in [-0.05, 0) is 57.8 Å². The van der Waals surface area contributed by atoms with Gasteiger partial charge < -0.3 is 9.53 Å². The minimum Gasteiger partial charge on any atom is -0.407 e. The summed E-state index contributed by atoms with van der Waals surface area (Å²) in [6.07, 6.45) is 4.52. The Labute approximate surface area is 214 Å². The van der Waals surface area contributed by atoms with E-state index in [2.05, 4.69) is 86.4 Å². The van der Waals surface area contributed by atoms with Crippen LogP contribution in [0.5, 0.6) is 0 Å². The van der Waals surface area contributed by atoms with Gasteiger partial charge in [0.25, 0.3) is 8.32 Å². The van der Waals surface area contributed by atoms with Crippen molar-refractivity contribution < 1.29 is 9.53 Å². The molecule has 0 spiro atoms. The Bertz CT molecular complexity index is 1220. The van der Waals surface area contributed by atoms with Crippen LogP contribution in [0, 0.1) is 0 Å². The van der Waals surface area contributed by atoms with Gasteiger partial charge in [-0.15, -0.1) is 0 Å². The summed E-state index contributed by atoms with van der Waals surface area (Å²) in [6, 6.07) is 27.4. The van der Waals surface area contributed by atoms with E-state index in [9.17, 15) is 5.11 Å². The van der Waals surface area contributed by atoms with Crippen LogP contribution in [0.25, 0.3) is 10.8 Å². The molecule has 0 radical (unpaired) electrons. The van der Waals surface area contributed by atoms with Crippen molar-refractivity contribution in [2.24, 2.45) is 0 Å². The Morgan fingerprint density at radius 2 is 1.51 bits per heavy atom. The molecule has 0 saturated carbocycles. The third kappa shape index (κ3) is 5.36. The monoisotopic (exact) mass is 503 g/mol. The fourth-order valence-electron chi connectivity index (χ4n) is 5.10. The molecule has 1 N–H and O–H groups in total. The lowest BCUT2D eigenvalue weighted by Gasteiger charge is -2.43. The zero-order valence-electron chi connectivity index (χ0n) is 20.8. The number of hydrogen-bond donors (Lipinski definition) is 1. The summed E-state index contributed by atoms with van der Waals surface area (Å²) in [5, 5.41) is 15.3. The number of aromatic nitrogens is 1. The van der Waals surface area contributed by atoms with Crippen molar-refractivity contribution in [3.05, 3.63) is 101 Å². The van der Waals surface area contributed by atoms with Crippen molar-refractivity contribution in [3.8, 4) is 0 Å². The average Bonchev–Trinajstić information content (AvgIpc) is 2.86. The van der Waals surface area contributed by atoms with Crippen LogP contribution in [0.3, 0.4) is 0 Å². The summed E-state index contributed by atoms with van der Waals surface area (Å²) >= 11 is 6.18. The molecular weight excluding hydrogens is 470 g/mol. The van der Waals surface area contributed by atoms with Gasteiger partial charge in [0, 0.05) is 23.2 Å². The first-order valence-corrected chi connectivity index (χ1v) is 14.6. The number of pyridine rings is 1. The van der Waals surface area contributed by atoms with Crippen LogP contribution in [0.15, 0.2) is 85.1 Å². The Hall–Kier alpha value is -2.50. The van der Waals surface area contributed by atoms with Crippen molar-refractivity contribution in [1.29, 1.82) is 0 Å².